The molecule has 0 spiro atoms. The van der Waals surface area contributed by atoms with Crippen LogP contribution in [-0.2, 0) is 4.79 Å². The van der Waals surface area contributed by atoms with Gasteiger partial charge in [-0.1, -0.05) is 29.3 Å². The van der Waals surface area contributed by atoms with Crippen LogP contribution in [0.1, 0.15) is 43.6 Å². The molecule has 2 heterocycles. The van der Waals surface area contributed by atoms with Gasteiger partial charge in [0.2, 0.25) is 5.91 Å². The van der Waals surface area contributed by atoms with Gasteiger partial charge in [-0.3, -0.25) is 4.79 Å². The quantitative estimate of drug-likeness (QED) is 0.837. The Balaban J connectivity index is 0.00000169. The van der Waals surface area contributed by atoms with Crippen LogP contribution in [0.25, 0.3) is 0 Å². The van der Waals surface area contributed by atoms with Crippen LogP contribution in [0.15, 0.2) is 18.2 Å². The number of amides is 1. The van der Waals surface area contributed by atoms with E-state index in [9.17, 15) is 4.79 Å². The number of carbonyl (C=O) groups excluding carboxylic acids is 1. The highest BCUT2D eigenvalue weighted by atomic mass is 35.5. The second kappa shape index (κ2) is 7.03. The lowest BCUT2D eigenvalue weighted by molar-refractivity contribution is -0.134. The fraction of sp³-hybridized carbons (Fsp3) is 0.611. The van der Waals surface area contributed by atoms with E-state index in [1.54, 1.807) is 6.07 Å². The number of fused-ring (bicyclic) bond motifs is 2. The molecule has 4 rings (SSSR count). The highest BCUT2D eigenvalue weighted by Crippen LogP contribution is 2.51. The van der Waals surface area contributed by atoms with E-state index >= 15 is 0 Å². The number of nitrogens with zero attached hydrogens (tertiary/aromatic N) is 1. The Kier molecular flexibility index (Phi) is 5.36. The van der Waals surface area contributed by atoms with Gasteiger partial charge >= 0.3 is 0 Å². The monoisotopic (exact) mass is 388 g/mol. The molecule has 2 bridgehead atoms. The molecule has 4 unspecified atom stereocenters. The molecule has 0 radical (unpaired) electrons. The number of halogens is 3. The summed E-state index contributed by atoms with van der Waals surface area (Å²) in [7, 11) is 1.98. The standard InChI is InChI=1S/C18H22Cl2N2O.ClH/c1-22(13-7-11-3-4-12(8-13)21-11)18(23)16-9-15(16)14-5-2-10(19)6-17(14)20;/h2,5-6,11-13,15-16,21H,3-4,7-9H2,1H3;1H. The molecular formula is C18H23Cl3N2O. The summed E-state index contributed by atoms with van der Waals surface area (Å²) in [5.41, 5.74) is 1.06. The average molecular weight is 390 g/mol. The van der Waals surface area contributed by atoms with Crippen LogP contribution in [0.2, 0.25) is 10.0 Å². The minimum Gasteiger partial charge on any atom is -0.342 e. The van der Waals surface area contributed by atoms with Crippen molar-refractivity contribution in [1.29, 1.82) is 0 Å². The fourth-order valence-corrected chi connectivity index (χ4v) is 4.95. The molecule has 24 heavy (non-hydrogen) atoms. The van der Waals surface area contributed by atoms with E-state index in [1.807, 2.05) is 24.1 Å². The Bertz CT molecular complexity index is 627. The summed E-state index contributed by atoms with van der Waals surface area (Å²) < 4.78 is 0. The first kappa shape index (κ1) is 18.3. The smallest absolute Gasteiger partial charge is 0.226 e. The molecule has 132 valence electrons. The zero-order chi connectivity index (χ0) is 16.1. The van der Waals surface area contributed by atoms with Gasteiger partial charge in [0.1, 0.15) is 0 Å². The summed E-state index contributed by atoms with van der Waals surface area (Å²) in [4.78, 5) is 14.9. The lowest BCUT2D eigenvalue weighted by Crippen LogP contribution is -2.49. The predicted octanol–water partition coefficient (Wildman–Crippen LogP) is 4.26. The summed E-state index contributed by atoms with van der Waals surface area (Å²) in [6.07, 6.45) is 5.61. The molecule has 3 aliphatic rings. The van der Waals surface area contributed by atoms with Crippen LogP contribution in [0, 0.1) is 5.92 Å². The van der Waals surface area contributed by atoms with Crippen LogP contribution in [0.3, 0.4) is 0 Å². The molecule has 2 saturated heterocycles. The highest BCUT2D eigenvalue weighted by molar-refractivity contribution is 6.35. The van der Waals surface area contributed by atoms with Crippen LogP contribution < -0.4 is 5.32 Å². The van der Waals surface area contributed by atoms with Gasteiger partial charge in [0, 0.05) is 41.1 Å². The first-order valence-electron chi connectivity index (χ1n) is 8.50. The lowest BCUT2D eigenvalue weighted by Gasteiger charge is -2.35. The summed E-state index contributed by atoms with van der Waals surface area (Å²) in [6.45, 7) is 0. The molecule has 1 N–H and O–H groups in total. The van der Waals surface area contributed by atoms with Crippen molar-refractivity contribution < 1.29 is 4.79 Å². The average Bonchev–Trinajstić information content (AvgIpc) is 3.24. The molecule has 1 amide bonds. The minimum atomic E-state index is 0. The third kappa shape index (κ3) is 3.41. The Labute approximate surface area is 159 Å². The van der Waals surface area contributed by atoms with E-state index in [4.69, 9.17) is 23.2 Å². The molecule has 1 aromatic rings. The van der Waals surface area contributed by atoms with Crippen molar-refractivity contribution in [1.82, 2.24) is 10.2 Å². The molecule has 0 aromatic heterocycles. The molecule has 6 heteroatoms. The minimum absolute atomic E-state index is 0. The van der Waals surface area contributed by atoms with Crippen LogP contribution in [0.5, 0.6) is 0 Å². The van der Waals surface area contributed by atoms with Gasteiger partial charge in [-0.25, -0.2) is 0 Å². The van der Waals surface area contributed by atoms with Gasteiger partial charge in [-0.15, -0.1) is 12.4 Å². The zero-order valence-corrected chi connectivity index (χ0v) is 16.0. The van der Waals surface area contributed by atoms with E-state index < -0.39 is 0 Å². The van der Waals surface area contributed by atoms with Crippen LogP contribution >= 0.6 is 35.6 Å². The topological polar surface area (TPSA) is 32.3 Å². The molecule has 3 nitrogen and oxygen atoms in total. The third-order valence-corrected chi connectivity index (χ3v) is 6.38. The number of nitrogens with one attached hydrogen (secondary N) is 1. The summed E-state index contributed by atoms with van der Waals surface area (Å²) in [5.74, 6) is 0.631. The molecule has 1 aromatic carbocycles. The molecule has 2 aliphatic heterocycles. The highest BCUT2D eigenvalue weighted by Gasteiger charge is 2.48. The molecule has 4 atom stereocenters. The number of hydrogen-bond donors (Lipinski definition) is 1. The van der Waals surface area contributed by atoms with Crippen molar-refractivity contribution in [3.05, 3.63) is 33.8 Å². The normalized spacial score (nSPS) is 33.7. The molecule has 1 saturated carbocycles. The Morgan fingerprint density at radius 2 is 1.83 bits per heavy atom. The maximum atomic E-state index is 12.8. The Morgan fingerprint density at radius 3 is 2.46 bits per heavy atom. The van der Waals surface area contributed by atoms with Gasteiger partial charge in [0.15, 0.2) is 0 Å². The summed E-state index contributed by atoms with van der Waals surface area (Å²) in [6, 6.07) is 7.20. The number of piperidine rings is 1. The summed E-state index contributed by atoms with van der Waals surface area (Å²) >= 11 is 12.3. The van der Waals surface area contributed by atoms with Gasteiger partial charge in [0.25, 0.3) is 0 Å². The van der Waals surface area contributed by atoms with Gasteiger partial charge in [-0.2, -0.15) is 0 Å². The van der Waals surface area contributed by atoms with Crippen molar-refractivity contribution in [3.63, 3.8) is 0 Å². The van der Waals surface area contributed by atoms with E-state index in [0.29, 0.717) is 28.2 Å². The number of carbonyl (C=O) groups is 1. The van der Waals surface area contributed by atoms with Crippen molar-refractivity contribution in [2.24, 2.45) is 5.92 Å². The van der Waals surface area contributed by atoms with Crippen molar-refractivity contribution in [3.8, 4) is 0 Å². The first-order chi connectivity index (χ1) is 11.0. The maximum absolute atomic E-state index is 12.8. The zero-order valence-electron chi connectivity index (χ0n) is 13.7. The second-order valence-corrected chi connectivity index (χ2v) is 8.17. The fourth-order valence-electron chi connectivity index (χ4n) is 4.40. The van der Waals surface area contributed by atoms with Gasteiger partial charge in [0.05, 0.1) is 0 Å². The second-order valence-electron chi connectivity index (χ2n) is 7.33. The summed E-state index contributed by atoms with van der Waals surface area (Å²) in [5, 5.41) is 4.96. The van der Waals surface area contributed by atoms with E-state index in [0.717, 1.165) is 24.8 Å². The largest absolute Gasteiger partial charge is 0.342 e. The van der Waals surface area contributed by atoms with Crippen LogP contribution in [-0.4, -0.2) is 36.0 Å². The number of benzene rings is 1. The Morgan fingerprint density at radius 1 is 1.17 bits per heavy atom. The van der Waals surface area contributed by atoms with Crippen molar-refractivity contribution in [2.75, 3.05) is 7.05 Å². The molecule has 3 fully saturated rings. The lowest BCUT2D eigenvalue weighted by atomic mass is 9.98. The van der Waals surface area contributed by atoms with Crippen LogP contribution in [0.4, 0.5) is 0 Å². The van der Waals surface area contributed by atoms with E-state index in [1.165, 1.54) is 12.8 Å². The van der Waals surface area contributed by atoms with Gasteiger partial charge < -0.3 is 10.2 Å². The number of rotatable bonds is 3. The van der Waals surface area contributed by atoms with E-state index in [2.05, 4.69) is 5.32 Å². The SMILES string of the molecule is CN(C(=O)C1CC1c1ccc(Cl)cc1Cl)C1CC2CCC(C1)N2.Cl. The third-order valence-electron chi connectivity index (χ3n) is 5.81. The predicted molar refractivity (Wildman–Crippen MR) is 100 cm³/mol. The van der Waals surface area contributed by atoms with Gasteiger partial charge in [-0.05, 0) is 55.7 Å². The molecular weight excluding hydrogens is 367 g/mol. The van der Waals surface area contributed by atoms with E-state index in [-0.39, 0.29) is 30.2 Å². The number of hydrogen-bond acceptors (Lipinski definition) is 2. The van der Waals surface area contributed by atoms with Crippen molar-refractivity contribution in [2.45, 2.75) is 56.1 Å². The van der Waals surface area contributed by atoms with Crippen molar-refractivity contribution >= 4 is 41.5 Å². The first-order valence-corrected chi connectivity index (χ1v) is 9.26. The molecule has 1 aliphatic carbocycles. The Hall–Kier alpha value is -0.480. The maximum Gasteiger partial charge on any atom is 0.226 e.